The number of carbonyl (C=O) groups excluding carboxylic acids is 2. The molecule has 2 N–H and O–H groups in total. The number of fused-ring (bicyclic) bond motifs is 1. The summed E-state index contributed by atoms with van der Waals surface area (Å²) in [5, 5.41) is 9.69. The Morgan fingerprint density at radius 3 is 2.69 bits per heavy atom. The number of hydrogen-bond donors (Lipinski definition) is 2. The second-order valence-corrected chi connectivity index (χ2v) is 6.48. The first-order valence-corrected chi connectivity index (χ1v) is 9.07. The van der Waals surface area contributed by atoms with Crippen LogP contribution >= 0.6 is 0 Å². The summed E-state index contributed by atoms with van der Waals surface area (Å²) in [6.45, 7) is 0. The van der Waals surface area contributed by atoms with E-state index in [0.29, 0.717) is 5.95 Å². The smallest absolute Gasteiger partial charge is 0.250 e. The van der Waals surface area contributed by atoms with Crippen molar-refractivity contribution in [1.82, 2.24) is 14.8 Å². The van der Waals surface area contributed by atoms with Crippen molar-refractivity contribution in [1.29, 1.82) is 0 Å². The molecule has 0 aliphatic carbocycles. The zero-order valence-corrected chi connectivity index (χ0v) is 15.7. The lowest BCUT2D eigenvalue weighted by Crippen LogP contribution is -2.29. The van der Waals surface area contributed by atoms with Gasteiger partial charge in [0.15, 0.2) is 0 Å². The van der Waals surface area contributed by atoms with Gasteiger partial charge in [-0.2, -0.15) is 4.98 Å². The molecule has 2 aromatic carbocycles. The van der Waals surface area contributed by atoms with E-state index < -0.39 is 0 Å². The Bertz CT molecular complexity index is 1060. The summed E-state index contributed by atoms with van der Waals surface area (Å²) in [6, 6.07) is 16.6. The number of nitrogens with zero attached hydrogens (tertiary/aromatic N) is 3. The van der Waals surface area contributed by atoms with Crippen molar-refractivity contribution in [3.8, 4) is 5.75 Å². The number of benzene rings is 2. The zero-order valence-electron chi connectivity index (χ0n) is 15.7. The van der Waals surface area contributed by atoms with E-state index in [-0.39, 0.29) is 30.2 Å². The Balaban J connectivity index is 1.49. The molecule has 1 atom stereocenters. The van der Waals surface area contributed by atoms with Gasteiger partial charge in [0.25, 0.3) is 11.9 Å². The van der Waals surface area contributed by atoms with Crippen molar-refractivity contribution in [2.45, 2.75) is 12.5 Å². The number of nitrogens with one attached hydrogen (secondary N) is 2. The molecule has 0 radical (unpaired) electrons. The Morgan fingerprint density at radius 1 is 1.21 bits per heavy atom. The molecule has 0 bridgehead atoms. The standard InChI is InChI=1S/C21H19N5O3/c1-29-16-10-7-14(8-11-16)9-12-18(27)22-20-24-21-23-19(28)13-17(26(21)25-20)15-5-3-2-4-6-15/h2-12,17H,13H2,1H3,(H2,22,23,24,25,27,28). The molecule has 1 aliphatic heterocycles. The van der Waals surface area contributed by atoms with Gasteiger partial charge in [-0.25, -0.2) is 4.68 Å². The van der Waals surface area contributed by atoms with Crippen LogP contribution in [0.1, 0.15) is 23.6 Å². The topological polar surface area (TPSA) is 98.1 Å². The third-order valence-electron chi connectivity index (χ3n) is 4.52. The van der Waals surface area contributed by atoms with Gasteiger partial charge >= 0.3 is 0 Å². The zero-order chi connectivity index (χ0) is 20.2. The highest BCUT2D eigenvalue weighted by molar-refractivity contribution is 6.01. The first kappa shape index (κ1) is 18.4. The quantitative estimate of drug-likeness (QED) is 0.654. The van der Waals surface area contributed by atoms with Crippen LogP contribution in [0.2, 0.25) is 0 Å². The SMILES string of the molecule is COc1ccc(C=CC(=O)Nc2nc3n(n2)C(c2ccccc2)CC(=O)N3)cc1. The van der Waals surface area contributed by atoms with E-state index in [4.69, 9.17) is 4.74 Å². The van der Waals surface area contributed by atoms with Gasteiger partial charge < -0.3 is 4.74 Å². The maximum Gasteiger partial charge on any atom is 0.250 e. The van der Waals surface area contributed by atoms with Gasteiger partial charge in [0, 0.05) is 6.08 Å². The Labute approximate surface area is 167 Å². The van der Waals surface area contributed by atoms with Crippen molar-refractivity contribution in [2.75, 3.05) is 17.7 Å². The van der Waals surface area contributed by atoms with E-state index in [1.54, 1.807) is 17.9 Å². The minimum Gasteiger partial charge on any atom is -0.497 e. The van der Waals surface area contributed by atoms with Crippen LogP contribution in [0.4, 0.5) is 11.9 Å². The van der Waals surface area contributed by atoms with Crippen LogP contribution in [-0.2, 0) is 9.59 Å². The lowest BCUT2D eigenvalue weighted by atomic mass is 10.0. The van der Waals surface area contributed by atoms with Crippen molar-refractivity contribution in [3.63, 3.8) is 0 Å². The van der Waals surface area contributed by atoms with E-state index in [1.807, 2.05) is 54.6 Å². The number of carbonyl (C=O) groups is 2. The minimum absolute atomic E-state index is 0.132. The number of amides is 2. The summed E-state index contributed by atoms with van der Waals surface area (Å²) < 4.78 is 6.73. The van der Waals surface area contributed by atoms with Gasteiger partial charge in [-0.3, -0.25) is 20.2 Å². The molecule has 3 aromatic rings. The van der Waals surface area contributed by atoms with Gasteiger partial charge in [0.2, 0.25) is 11.9 Å². The van der Waals surface area contributed by atoms with Gasteiger partial charge in [-0.15, -0.1) is 5.10 Å². The molecule has 8 heteroatoms. The molecular formula is C21H19N5O3. The molecule has 1 unspecified atom stereocenters. The molecule has 1 aromatic heterocycles. The first-order valence-electron chi connectivity index (χ1n) is 9.07. The maximum absolute atomic E-state index is 12.2. The molecule has 0 fully saturated rings. The largest absolute Gasteiger partial charge is 0.497 e. The Morgan fingerprint density at radius 2 is 1.97 bits per heavy atom. The third kappa shape index (κ3) is 4.16. The van der Waals surface area contributed by atoms with Crippen molar-refractivity contribution < 1.29 is 14.3 Å². The molecule has 8 nitrogen and oxygen atoms in total. The number of aromatic nitrogens is 3. The fraction of sp³-hybridized carbons (Fsp3) is 0.143. The lowest BCUT2D eigenvalue weighted by Gasteiger charge is -2.23. The monoisotopic (exact) mass is 389 g/mol. The molecule has 0 saturated carbocycles. The molecular weight excluding hydrogens is 370 g/mol. The highest BCUT2D eigenvalue weighted by Gasteiger charge is 2.29. The van der Waals surface area contributed by atoms with Crippen molar-refractivity contribution in [3.05, 3.63) is 71.8 Å². The van der Waals surface area contributed by atoms with Crippen LogP contribution in [0.25, 0.3) is 6.08 Å². The Kier molecular flexibility index (Phi) is 5.07. The van der Waals surface area contributed by atoms with E-state index in [1.165, 1.54) is 6.08 Å². The minimum atomic E-state index is -0.369. The molecule has 146 valence electrons. The van der Waals surface area contributed by atoms with Crippen molar-refractivity contribution >= 4 is 29.8 Å². The molecule has 0 saturated heterocycles. The lowest BCUT2D eigenvalue weighted by molar-refractivity contribution is -0.117. The number of anilines is 2. The highest BCUT2D eigenvalue weighted by atomic mass is 16.5. The van der Waals surface area contributed by atoms with Crippen LogP contribution in [0.5, 0.6) is 5.75 Å². The highest BCUT2D eigenvalue weighted by Crippen LogP contribution is 2.29. The summed E-state index contributed by atoms with van der Waals surface area (Å²) in [6.07, 6.45) is 3.33. The van der Waals surface area contributed by atoms with Crippen molar-refractivity contribution in [2.24, 2.45) is 0 Å². The predicted octanol–water partition coefficient (Wildman–Crippen LogP) is 2.87. The molecule has 4 rings (SSSR count). The first-order chi connectivity index (χ1) is 14.1. The summed E-state index contributed by atoms with van der Waals surface area (Å²) in [7, 11) is 1.60. The number of methoxy groups -OCH3 is 1. The summed E-state index contributed by atoms with van der Waals surface area (Å²) >= 11 is 0. The fourth-order valence-electron chi connectivity index (χ4n) is 3.09. The van der Waals surface area contributed by atoms with E-state index >= 15 is 0 Å². The molecule has 2 amide bonds. The Hall–Kier alpha value is -3.94. The van der Waals surface area contributed by atoms with Crippen LogP contribution < -0.4 is 15.4 Å². The van der Waals surface area contributed by atoms with Gasteiger partial charge in [0.1, 0.15) is 5.75 Å². The average Bonchev–Trinajstić information content (AvgIpc) is 3.14. The number of hydrogen-bond acceptors (Lipinski definition) is 5. The predicted molar refractivity (Wildman–Crippen MR) is 109 cm³/mol. The molecule has 1 aliphatic rings. The van der Waals surface area contributed by atoms with Crippen LogP contribution in [0.3, 0.4) is 0 Å². The summed E-state index contributed by atoms with van der Waals surface area (Å²) in [5.74, 6) is 0.675. The van der Waals surface area contributed by atoms with E-state index in [9.17, 15) is 9.59 Å². The van der Waals surface area contributed by atoms with Gasteiger partial charge in [-0.05, 0) is 29.3 Å². The molecule has 29 heavy (non-hydrogen) atoms. The molecule has 0 spiro atoms. The van der Waals surface area contributed by atoms with E-state index in [2.05, 4.69) is 20.7 Å². The number of ether oxygens (including phenoxy) is 1. The molecule has 2 heterocycles. The van der Waals surface area contributed by atoms with Crippen LogP contribution in [0, 0.1) is 0 Å². The summed E-state index contributed by atoms with van der Waals surface area (Å²) in [4.78, 5) is 28.5. The van der Waals surface area contributed by atoms with Gasteiger partial charge in [-0.1, -0.05) is 42.5 Å². The summed E-state index contributed by atoms with van der Waals surface area (Å²) in [5.41, 5.74) is 1.81. The van der Waals surface area contributed by atoms with Gasteiger partial charge in [0.05, 0.1) is 19.6 Å². The van der Waals surface area contributed by atoms with E-state index in [0.717, 1.165) is 16.9 Å². The fourth-order valence-corrected chi connectivity index (χ4v) is 3.09. The second kappa shape index (κ2) is 7.97. The number of rotatable bonds is 5. The third-order valence-corrected chi connectivity index (χ3v) is 4.52. The van der Waals surface area contributed by atoms with Crippen LogP contribution in [-0.4, -0.2) is 33.7 Å². The van der Waals surface area contributed by atoms with Crippen LogP contribution in [0.15, 0.2) is 60.7 Å². The second-order valence-electron chi connectivity index (χ2n) is 6.48. The maximum atomic E-state index is 12.2. The average molecular weight is 389 g/mol. The normalized spacial score (nSPS) is 15.6.